The average molecular weight is 283 g/mol. The number of fused-ring (bicyclic) bond motifs is 1. The van der Waals surface area contributed by atoms with Crippen LogP contribution in [0.3, 0.4) is 0 Å². The molecule has 0 aliphatic carbocycles. The minimum atomic E-state index is -3.42. The van der Waals surface area contributed by atoms with Crippen molar-refractivity contribution in [3.05, 3.63) is 24.0 Å². The quantitative estimate of drug-likeness (QED) is 0.874. The number of aromatic amines is 1. The SMILES string of the molecule is COC(C)CS(=O)(=O)Nc1ccc2nc(C)[nH]c2c1. The Morgan fingerprint density at radius 1 is 1.47 bits per heavy atom. The van der Waals surface area contributed by atoms with Gasteiger partial charge in [0.2, 0.25) is 10.0 Å². The number of nitrogens with zero attached hydrogens (tertiary/aromatic N) is 1. The third kappa shape index (κ3) is 3.45. The fourth-order valence-corrected chi connectivity index (χ4v) is 3.12. The number of sulfonamides is 1. The second-order valence-electron chi connectivity index (χ2n) is 4.48. The standard InChI is InChI=1S/C12H17N3O3S/c1-8(18-3)7-19(16,17)15-10-4-5-11-12(6-10)14-9(2)13-11/h4-6,8,15H,7H2,1-3H3,(H,13,14). The molecule has 0 fully saturated rings. The summed E-state index contributed by atoms with van der Waals surface area (Å²) in [6.07, 6.45) is -0.351. The molecule has 104 valence electrons. The van der Waals surface area contributed by atoms with Crippen LogP contribution in [-0.2, 0) is 14.8 Å². The molecule has 2 aromatic rings. The number of nitrogens with one attached hydrogen (secondary N) is 2. The first-order chi connectivity index (χ1) is 8.89. The molecule has 0 bridgehead atoms. The van der Waals surface area contributed by atoms with Gasteiger partial charge in [0, 0.05) is 7.11 Å². The van der Waals surface area contributed by atoms with Crippen LogP contribution in [0.15, 0.2) is 18.2 Å². The minimum absolute atomic E-state index is 0.0798. The highest BCUT2D eigenvalue weighted by atomic mass is 32.2. The van der Waals surface area contributed by atoms with Crippen LogP contribution >= 0.6 is 0 Å². The summed E-state index contributed by atoms with van der Waals surface area (Å²) >= 11 is 0. The van der Waals surface area contributed by atoms with Gasteiger partial charge >= 0.3 is 0 Å². The zero-order chi connectivity index (χ0) is 14.0. The molecule has 1 unspecified atom stereocenters. The van der Waals surface area contributed by atoms with Crippen molar-refractivity contribution in [2.24, 2.45) is 0 Å². The van der Waals surface area contributed by atoms with E-state index < -0.39 is 10.0 Å². The van der Waals surface area contributed by atoms with Crippen molar-refractivity contribution in [1.29, 1.82) is 0 Å². The molecule has 1 heterocycles. The number of benzene rings is 1. The maximum atomic E-state index is 11.9. The number of aromatic nitrogens is 2. The van der Waals surface area contributed by atoms with Crippen LogP contribution < -0.4 is 4.72 Å². The molecule has 0 saturated heterocycles. The lowest BCUT2D eigenvalue weighted by Gasteiger charge is -2.12. The first kappa shape index (κ1) is 13.8. The van der Waals surface area contributed by atoms with Gasteiger partial charge < -0.3 is 9.72 Å². The molecule has 1 atom stereocenters. The maximum absolute atomic E-state index is 11.9. The van der Waals surface area contributed by atoms with Crippen molar-refractivity contribution in [2.75, 3.05) is 17.6 Å². The minimum Gasteiger partial charge on any atom is -0.381 e. The molecule has 0 radical (unpaired) electrons. The molecule has 0 saturated carbocycles. The highest BCUT2D eigenvalue weighted by molar-refractivity contribution is 7.92. The van der Waals surface area contributed by atoms with E-state index in [1.807, 2.05) is 6.92 Å². The highest BCUT2D eigenvalue weighted by Gasteiger charge is 2.15. The third-order valence-corrected chi connectivity index (χ3v) is 4.19. The van der Waals surface area contributed by atoms with Crippen molar-refractivity contribution in [1.82, 2.24) is 9.97 Å². The predicted octanol–water partition coefficient (Wildman–Crippen LogP) is 1.65. The Labute approximate surface area is 112 Å². The molecule has 1 aromatic heterocycles. The Balaban J connectivity index is 2.20. The van der Waals surface area contributed by atoms with Gasteiger partial charge in [0.25, 0.3) is 0 Å². The van der Waals surface area contributed by atoms with E-state index in [-0.39, 0.29) is 11.9 Å². The number of aryl methyl sites for hydroxylation is 1. The van der Waals surface area contributed by atoms with Crippen molar-refractivity contribution < 1.29 is 13.2 Å². The highest BCUT2D eigenvalue weighted by Crippen LogP contribution is 2.18. The van der Waals surface area contributed by atoms with Crippen molar-refractivity contribution in [2.45, 2.75) is 20.0 Å². The molecule has 1 aromatic carbocycles. The van der Waals surface area contributed by atoms with E-state index in [9.17, 15) is 8.42 Å². The molecule has 2 N–H and O–H groups in total. The normalized spacial score (nSPS) is 13.6. The summed E-state index contributed by atoms with van der Waals surface area (Å²) in [4.78, 5) is 7.33. The number of methoxy groups -OCH3 is 1. The number of imidazole rings is 1. The number of anilines is 1. The van der Waals surface area contributed by atoms with E-state index in [2.05, 4.69) is 14.7 Å². The van der Waals surface area contributed by atoms with E-state index in [1.54, 1.807) is 25.1 Å². The van der Waals surface area contributed by atoms with Crippen LogP contribution in [0.1, 0.15) is 12.7 Å². The molecule has 0 spiro atoms. The van der Waals surface area contributed by atoms with Gasteiger partial charge in [0.15, 0.2) is 0 Å². The molecular formula is C12H17N3O3S. The van der Waals surface area contributed by atoms with Gasteiger partial charge in [0.1, 0.15) is 5.82 Å². The Morgan fingerprint density at radius 2 is 2.21 bits per heavy atom. The van der Waals surface area contributed by atoms with Crippen molar-refractivity contribution in [3.63, 3.8) is 0 Å². The Morgan fingerprint density at radius 3 is 2.89 bits per heavy atom. The second-order valence-corrected chi connectivity index (χ2v) is 6.25. The lowest BCUT2D eigenvalue weighted by Crippen LogP contribution is -2.25. The first-order valence-electron chi connectivity index (χ1n) is 5.89. The molecule has 7 heteroatoms. The van der Waals surface area contributed by atoms with Gasteiger partial charge in [-0.15, -0.1) is 0 Å². The largest absolute Gasteiger partial charge is 0.381 e. The van der Waals surface area contributed by atoms with Gasteiger partial charge in [-0.1, -0.05) is 0 Å². The molecule has 19 heavy (non-hydrogen) atoms. The predicted molar refractivity (Wildman–Crippen MR) is 74.7 cm³/mol. The lowest BCUT2D eigenvalue weighted by atomic mass is 10.3. The van der Waals surface area contributed by atoms with Crippen LogP contribution in [0.2, 0.25) is 0 Å². The fourth-order valence-electron chi connectivity index (χ4n) is 1.80. The van der Waals surface area contributed by atoms with Gasteiger partial charge in [-0.25, -0.2) is 13.4 Å². The average Bonchev–Trinajstić information content (AvgIpc) is 2.67. The summed E-state index contributed by atoms with van der Waals surface area (Å²) in [6, 6.07) is 5.19. The maximum Gasteiger partial charge on any atom is 0.235 e. The second kappa shape index (κ2) is 5.18. The summed E-state index contributed by atoms with van der Waals surface area (Å²) < 4.78 is 31.3. The van der Waals surface area contributed by atoms with Crippen LogP contribution in [0.25, 0.3) is 11.0 Å². The summed E-state index contributed by atoms with van der Waals surface area (Å²) in [5.41, 5.74) is 2.13. The Kier molecular flexibility index (Phi) is 3.77. The zero-order valence-corrected chi connectivity index (χ0v) is 11.9. The fraction of sp³-hybridized carbons (Fsp3) is 0.417. The van der Waals surface area contributed by atoms with Crippen LogP contribution in [0.4, 0.5) is 5.69 Å². The third-order valence-electron chi connectivity index (χ3n) is 2.73. The van der Waals surface area contributed by atoms with E-state index in [1.165, 1.54) is 7.11 Å². The van der Waals surface area contributed by atoms with E-state index in [4.69, 9.17) is 4.74 Å². The number of hydrogen-bond donors (Lipinski definition) is 2. The van der Waals surface area contributed by atoms with Gasteiger partial charge in [-0.05, 0) is 32.0 Å². The summed E-state index contributed by atoms with van der Waals surface area (Å²) in [5, 5.41) is 0. The smallest absolute Gasteiger partial charge is 0.235 e. The molecule has 6 nitrogen and oxygen atoms in total. The van der Waals surface area contributed by atoms with Crippen LogP contribution in [0, 0.1) is 6.92 Å². The van der Waals surface area contributed by atoms with E-state index >= 15 is 0 Å². The number of hydrogen-bond acceptors (Lipinski definition) is 4. The van der Waals surface area contributed by atoms with Crippen LogP contribution in [0.5, 0.6) is 0 Å². The number of ether oxygens (including phenoxy) is 1. The van der Waals surface area contributed by atoms with Gasteiger partial charge in [0.05, 0.1) is 28.6 Å². The molecule has 0 amide bonds. The Bertz CT molecular complexity index is 679. The van der Waals surface area contributed by atoms with Gasteiger partial charge in [-0.2, -0.15) is 0 Å². The van der Waals surface area contributed by atoms with E-state index in [0.29, 0.717) is 5.69 Å². The lowest BCUT2D eigenvalue weighted by molar-refractivity contribution is 0.136. The summed E-state index contributed by atoms with van der Waals surface area (Å²) in [6.45, 7) is 3.56. The Hall–Kier alpha value is -1.60. The number of H-pyrrole nitrogens is 1. The van der Waals surface area contributed by atoms with Gasteiger partial charge in [-0.3, -0.25) is 4.72 Å². The topological polar surface area (TPSA) is 84.1 Å². The first-order valence-corrected chi connectivity index (χ1v) is 7.54. The molecule has 2 rings (SSSR count). The van der Waals surface area contributed by atoms with Crippen LogP contribution in [-0.4, -0.2) is 37.4 Å². The zero-order valence-electron chi connectivity index (χ0n) is 11.1. The van der Waals surface area contributed by atoms with Crippen molar-refractivity contribution >= 4 is 26.7 Å². The van der Waals surface area contributed by atoms with Crippen molar-refractivity contribution in [3.8, 4) is 0 Å². The monoisotopic (exact) mass is 283 g/mol. The number of rotatable bonds is 5. The molecule has 0 aliphatic rings. The molecule has 0 aliphatic heterocycles. The summed E-state index contributed by atoms with van der Waals surface area (Å²) in [7, 11) is -1.93. The molecular weight excluding hydrogens is 266 g/mol. The summed E-state index contributed by atoms with van der Waals surface area (Å²) in [5.74, 6) is 0.715. The van der Waals surface area contributed by atoms with E-state index in [0.717, 1.165) is 16.9 Å².